The Labute approximate surface area is 208 Å². The summed E-state index contributed by atoms with van der Waals surface area (Å²) in [4.78, 5) is 40.9. The van der Waals surface area contributed by atoms with Gasteiger partial charge >= 0.3 is 5.97 Å². The molecule has 0 spiro atoms. The van der Waals surface area contributed by atoms with Crippen molar-refractivity contribution in [1.29, 1.82) is 0 Å². The molecular weight excluding hydrogens is 464 g/mol. The fraction of sp³-hybridized carbons (Fsp3) is 0.308. The molecule has 1 N–H and O–H groups in total. The van der Waals surface area contributed by atoms with Crippen LogP contribution in [0.4, 0.5) is 17.1 Å². The Bertz CT molecular complexity index is 1260. The first kappa shape index (κ1) is 24.9. The van der Waals surface area contributed by atoms with E-state index in [0.717, 1.165) is 38.4 Å². The molecule has 4 rings (SSSR count). The van der Waals surface area contributed by atoms with E-state index < -0.39 is 16.8 Å². The van der Waals surface area contributed by atoms with Gasteiger partial charge in [-0.2, -0.15) is 0 Å². The van der Waals surface area contributed by atoms with E-state index in [1.807, 2.05) is 6.07 Å². The molecule has 1 amide bonds. The number of rotatable bonds is 8. The molecule has 36 heavy (non-hydrogen) atoms. The molecule has 0 atom stereocenters. The molecule has 1 aromatic heterocycles. The predicted octanol–water partition coefficient (Wildman–Crippen LogP) is 4.43. The lowest BCUT2D eigenvalue weighted by Gasteiger charge is -2.36. The molecule has 188 valence electrons. The Balaban J connectivity index is 1.61. The number of carbonyl (C=O) groups excluding carboxylic acids is 2. The lowest BCUT2D eigenvalue weighted by Crippen LogP contribution is -2.46. The summed E-state index contributed by atoms with van der Waals surface area (Å²) in [5, 5.41) is 14.2. The molecule has 1 fully saturated rings. The van der Waals surface area contributed by atoms with Gasteiger partial charge in [0.05, 0.1) is 34.0 Å². The van der Waals surface area contributed by atoms with Gasteiger partial charge < -0.3 is 24.3 Å². The number of esters is 1. The van der Waals surface area contributed by atoms with Crippen molar-refractivity contribution in [3.05, 3.63) is 76.0 Å². The number of ether oxygens (including phenoxy) is 1. The van der Waals surface area contributed by atoms with Crippen molar-refractivity contribution in [2.45, 2.75) is 13.8 Å². The number of piperazine rings is 1. The van der Waals surface area contributed by atoms with Crippen LogP contribution in [0.15, 0.2) is 59.0 Å². The number of nitrogens with zero attached hydrogens (tertiary/aromatic N) is 3. The Morgan fingerprint density at radius 1 is 1.06 bits per heavy atom. The molecule has 0 radical (unpaired) electrons. The van der Waals surface area contributed by atoms with Crippen molar-refractivity contribution in [1.82, 2.24) is 4.90 Å². The summed E-state index contributed by atoms with van der Waals surface area (Å²) in [5.74, 6) is -0.809. The van der Waals surface area contributed by atoms with E-state index in [2.05, 4.69) is 22.0 Å². The molecule has 2 aromatic carbocycles. The molecule has 0 aliphatic carbocycles. The number of likely N-dealkylation sites (N-methyl/N-ethyl adjacent to an activating group) is 1. The van der Waals surface area contributed by atoms with Crippen LogP contribution in [0.5, 0.6) is 0 Å². The largest absolute Gasteiger partial charge is 0.462 e. The number of carbonyl (C=O) groups is 2. The highest BCUT2D eigenvalue weighted by Gasteiger charge is 2.23. The van der Waals surface area contributed by atoms with Crippen LogP contribution in [-0.2, 0) is 4.74 Å². The molecule has 1 aliphatic heterocycles. The molecule has 1 aliphatic rings. The van der Waals surface area contributed by atoms with Gasteiger partial charge in [0.2, 0.25) is 0 Å². The average Bonchev–Trinajstić information content (AvgIpc) is 3.39. The summed E-state index contributed by atoms with van der Waals surface area (Å²) < 4.78 is 10.8. The Morgan fingerprint density at radius 3 is 2.50 bits per heavy atom. The summed E-state index contributed by atoms with van der Waals surface area (Å²) >= 11 is 0. The summed E-state index contributed by atoms with van der Waals surface area (Å²) in [5.41, 5.74) is 1.73. The van der Waals surface area contributed by atoms with Gasteiger partial charge in [0.15, 0.2) is 5.76 Å². The van der Waals surface area contributed by atoms with Gasteiger partial charge in [0, 0.05) is 32.2 Å². The Kier molecular flexibility index (Phi) is 7.65. The number of nitro benzene ring substituents is 1. The number of hydrogen-bond donors (Lipinski definition) is 1. The first-order chi connectivity index (χ1) is 17.4. The first-order valence-corrected chi connectivity index (χ1v) is 11.8. The highest BCUT2D eigenvalue weighted by atomic mass is 16.6. The van der Waals surface area contributed by atoms with E-state index in [9.17, 15) is 19.7 Å². The van der Waals surface area contributed by atoms with Crippen LogP contribution in [0.2, 0.25) is 0 Å². The highest BCUT2D eigenvalue weighted by molar-refractivity contribution is 6.05. The number of para-hydroxylation sites is 1. The number of benzene rings is 2. The van der Waals surface area contributed by atoms with E-state index in [1.54, 1.807) is 37.3 Å². The summed E-state index contributed by atoms with van der Waals surface area (Å²) in [6.07, 6.45) is 0. The van der Waals surface area contributed by atoms with Gasteiger partial charge in [-0.1, -0.05) is 19.1 Å². The normalized spacial score (nSPS) is 13.9. The van der Waals surface area contributed by atoms with E-state index in [1.165, 1.54) is 18.2 Å². The van der Waals surface area contributed by atoms with Crippen LogP contribution in [-0.4, -0.2) is 61.0 Å². The van der Waals surface area contributed by atoms with Crippen LogP contribution in [0.25, 0.3) is 11.3 Å². The molecule has 0 unspecified atom stereocenters. The van der Waals surface area contributed by atoms with E-state index in [-0.39, 0.29) is 29.4 Å². The third-order valence-electron chi connectivity index (χ3n) is 6.11. The fourth-order valence-electron chi connectivity index (χ4n) is 4.19. The van der Waals surface area contributed by atoms with Crippen LogP contribution < -0.4 is 10.2 Å². The molecule has 10 heteroatoms. The van der Waals surface area contributed by atoms with Crippen molar-refractivity contribution in [2.24, 2.45) is 0 Å². The second-order valence-corrected chi connectivity index (χ2v) is 8.27. The quantitative estimate of drug-likeness (QED) is 0.279. The second kappa shape index (κ2) is 11.0. The number of nitrogens with one attached hydrogen (secondary N) is 1. The van der Waals surface area contributed by atoms with Crippen molar-refractivity contribution in [3.63, 3.8) is 0 Å². The monoisotopic (exact) mass is 492 g/mol. The average molecular weight is 493 g/mol. The summed E-state index contributed by atoms with van der Waals surface area (Å²) in [6.45, 7) is 8.39. The smallest absolute Gasteiger partial charge is 0.338 e. The summed E-state index contributed by atoms with van der Waals surface area (Å²) in [6, 6.07) is 14.3. The number of furan rings is 1. The molecule has 2 heterocycles. The van der Waals surface area contributed by atoms with Gasteiger partial charge in [-0.25, -0.2) is 4.79 Å². The molecule has 3 aromatic rings. The number of hydrogen-bond acceptors (Lipinski definition) is 8. The molecule has 1 saturated heterocycles. The number of nitro groups is 1. The van der Waals surface area contributed by atoms with E-state index in [0.29, 0.717) is 11.3 Å². The van der Waals surface area contributed by atoms with E-state index in [4.69, 9.17) is 9.15 Å². The number of anilines is 2. The molecule has 10 nitrogen and oxygen atoms in total. The third-order valence-corrected chi connectivity index (χ3v) is 6.11. The lowest BCUT2D eigenvalue weighted by atomic mass is 10.1. The minimum absolute atomic E-state index is 0.00792. The van der Waals surface area contributed by atoms with Gasteiger partial charge in [0.25, 0.3) is 11.6 Å². The van der Waals surface area contributed by atoms with Crippen molar-refractivity contribution in [2.75, 3.05) is 49.5 Å². The van der Waals surface area contributed by atoms with Gasteiger partial charge in [0.1, 0.15) is 5.76 Å². The van der Waals surface area contributed by atoms with Crippen LogP contribution in [0.1, 0.15) is 34.8 Å². The minimum atomic E-state index is -0.533. The first-order valence-electron chi connectivity index (χ1n) is 11.8. The van der Waals surface area contributed by atoms with Crippen molar-refractivity contribution < 1.29 is 23.7 Å². The molecular formula is C26H28N4O6. The number of amides is 1. The van der Waals surface area contributed by atoms with Crippen molar-refractivity contribution >= 4 is 28.9 Å². The maximum absolute atomic E-state index is 13.1. The maximum atomic E-state index is 13.1. The zero-order valence-electron chi connectivity index (χ0n) is 20.2. The predicted molar refractivity (Wildman–Crippen MR) is 135 cm³/mol. The standard InChI is InChI=1S/C26H28N4O6/c1-3-28-13-15-29(16-14-28)22-10-9-18(26(32)35-4-2)17-20(22)27-25(31)24-12-11-23(36-24)19-7-5-6-8-21(19)30(33)34/h5-12,17H,3-4,13-16H2,1-2H3,(H,27,31). The highest BCUT2D eigenvalue weighted by Crippen LogP contribution is 2.32. The summed E-state index contributed by atoms with van der Waals surface area (Å²) in [7, 11) is 0. The van der Waals surface area contributed by atoms with E-state index >= 15 is 0 Å². The molecule has 0 bridgehead atoms. The minimum Gasteiger partial charge on any atom is -0.462 e. The SMILES string of the molecule is CCOC(=O)c1ccc(N2CCN(CC)CC2)c(NC(=O)c2ccc(-c3ccccc3[N+](=O)[O-])o2)c1. The Hall–Kier alpha value is -4.18. The topological polar surface area (TPSA) is 118 Å². The zero-order chi connectivity index (χ0) is 25.7. The van der Waals surface area contributed by atoms with Gasteiger partial charge in [-0.15, -0.1) is 0 Å². The molecule has 0 saturated carbocycles. The van der Waals surface area contributed by atoms with Crippen molar-refractivity contribution in [3.8, 4) is 11.3 Å². The Morgan fingerprint density at radius 2 is 1.81 bits per heavy atom. The van der Waals surface area contributed by atoms with Gasteiger partial charge in [-0.3, -0.25) is 14.9 Å². The zero-order valence-corrected chi connectivity index (χ0v) is 20.2. The maximum Gasteiger partial charge on any atom is 0.338 e. The van der Waals surface area contributed by atoms with Gasteiger partial charge in [-0.05, 0) is 49.9 Å². The third kappa shape index (κ3) is 5.38. The van der Waals surface area contributed by atoms with Crippen LogP contribution in [0, 0.1) is 10.1 Å². The fourth-order valence-corrected chi connectivity index (χ4v) is 4.19. The lowest BCUT2D eigenvalue weighted by molar-refractivity contribution is -0.384. The van der Waals surface area contributed by atoms with Crippen LogP contribution in [0.3, 0.4) is 0 Å². The second-order valence-electron chi connectivity index (χ2n) is 8.27. The van der Waals surface area contributed by atoms with Crippen LogP contribution >= 0.6 is 0 Å².